The van der Waals surface area contributed by atoms with E-state index in [-0.39, 0.29) is 23.2 Å². The van der Waals surface area contributed by atoms with Crippen LogP contribution in [0.4, 0.5) is 4.39 Å². The normalized spacial score (nSPS) is 19.4. The zero-order valence-electron chi connectivity index (χ0n) is 18.1. The molecule has 2 saturated heterocycles. The quantitative estimate of drug-likeness (QED) is 0.717. The van der Waals surface area contributed by atoms with Crippen molar-refractivity contribution in [3.8, 4) is 0 Å². The van der Waals surface area contributed by atoms with Crippen molar-refractivity contribution in [1.29, 1.82) is 0 Å². The molecule has 8 heteroatoms. The van der Waals surface area contributed by atoms with Crippen LogP contribution in [-0.4, -0.2) is 44.9 Å². The Labute approximate surface area is 188 Å². The third-order valence-electron chi connectivity index (χ3n) is 6.48. The summed E-state index contributed by atoms with van der Waals surface area (Å²) in [6.45, 7) is 2.21. The van der Waals surface area contributed by atoms with Gasteiger partial charge in [0.1, 0.15) is 5.82 Å². The highest BCUT2D eigenvalue weighted by Crippen LogP contribution is 2.35. The van der Waals surface area contributed by atoms with Crippen LogP contribution in [0.2, 0.25) is 0 Å². The van der Waals surface area contributed by atoms with Crippen LogP contribution in [-0.2, 0) is 31.5 Å². The molecule has 0 aromatic heterocycles. The first-order valence-electron chi connectivity index (χ1n) is 11.1. The minimum absolute atomic E-state index is 0.156. The third kappa shape index (κ3) is 4.72. The lowest BCUT2D eigenvalue weighted by atomic mass is 9.73. The summed E-state index contributed by atoms with van der Waals surface area (Å²) in [6.07, 6.45) is 3.83. The van der Waals surface area contributed by atoms with E-state index < -0.39 is 15.4 Å². The van der Waals surface area contributed by atoms with Crippen molar-refractivity contribution in [3.63, 3.8) is 0 Å². The van der Waals surface area contributed by atoms with Gasteiger partial charge >= 0.3 is 0 Å². The number of halogens is 1. The van der Waals surface area contributed by atoms with Crippen LogP contribution in [0.15, 0.2) is 53.4 Å². The van der Waals surface area contributed by atoms with E-state index in [4.69, 9.17) is 4.74 Å². The fourth-order valence-electron chi connectivity index (χ4n) is 4.56. The van der Waals surface area contributed by atoms with Crippen LogP contribution in [0.3, 0.4) is 0 Å². The molecule has 172 valence electrons. The predicted molar refractivity (Wildman–Crippen MR) is 119 cm³/mol. The number of carbonyl (C=O) groups excluding carboxylic acids is 1. The maximum Gasteiger partial charge on any atom is 0.243 e. The largest absolute Gasteiger partial charge is 0.381 e. The number of benzene rings is 2. The first kappa shape index (κ1) is 22.9. The minimum Gasteiger partial charge on any atom is -0.381 e. The molecule has 0 radical (unpaired) electrons. The molecule has 2 aromatic carbocycles. The summed E-state index contributed by atoms with van der Waals surface area (Å²) < 4.78 is 46.4. The molecule has 0 spiro atoms. The molecule has 2 aliphatic heterocycles. The number of piperidine rings is 1. The zero-order chi connectivity index (χ0) is 22.6. The average molecular weight is 461 g/mol. The summed E-state index contributed by atoms with van der Waals surface area (Å²) in [6, 6.07) is 12.8. The van der Waals surface area contributed by atoms with E-state index in [0.29, 0.717) is 39.1 Å². The van der Waals surface area contributed by atoms with Crippen LogP contribution >= 0.6 is 0 Å². The molecular formula is C24H29FN2O4S. The van der Waals surface area contributed by atoms with Gasteiger partial charge in [-0.3, -0.25) is 4.79 Å². The first-order valence-corrected chi connectivity index (χ1v) is 12.6. The van der Waals surface area contributed by atoms with Crippen molar-refractivity contribution < 1.29 is 22.3 Å². The lowest BCUT2D eigenvalue weighted by Gasteiger charge is -2.36. The second-order valence-corrected chi connectivity index (χ2v) is 10.4. The van der Waals surface area contributed by atoms with Gasteiger partial charge in [0.05, 0.1) is 10.3 Å². The van der Waals surface area contributed by atoms with Crippen molar-refractivity contribution in [1.82, 2.24) is 9.62 Å². The fourth-order valence-corrected chi connectivity index (χ4v) is 6.15. The van der Waals surface area contributed by atoms with Crippen molar-refractivity contribution in [2.45, 2.75) is 49.0 Å². The molecule has 0 bridgehead atoms. The van der Waals surface area contributed by atoms with Gasteiger partial charge in [-0.2, -0.15) is 4.31 Å². The van der Waals surface area contributed by atoms with E-state index in [9.17, 15) is 17.6 Å². The maximum absolute atomic E-state index is 13.4. The second kappa shape index (κ2) is 9.68. The van der Waals surface area contributed by atoms with Gasteiger partial charge in [0.15, 0.2) is 0 Å². The van der Waals surface area contributed by atoms with Crippen LogP contribution in [0.1, 0.15) is 43.2 Å². The molecule has 0 atom stereocenters. The van der Waals surface area contributed by atoms with E-state index in [2.05, 4.69) is 5.32 Å². The summed E-state index contributed by atoms with van der Waals surface area (Å²) in [5.74, 6) is -0.500. The van der Waals surface area contributed by atoms with Crippen LogP contribution in [0.5, 0.6) is 0 Å². The summed E-state index contributed by atoms with van der Waals surface area (Å²) in [5, 5.41) is 2.98. The molecule has 0 unspecified atom stereocenters. The predicted octanol–water partition coefficient (Wildman–Crippen LogP) is 3.36. The number of ether oxygens (including phenoxy) is 1. The van der Waals surface area contributed by atoms with Gasteiger partial charge in [0.25, 0.3) is 0 Å². The minimum atomic E-state index is -3.53. The summed E-state index contributed by atoms with van der Waals surface area (Å²) >= 11 is 0. The van der Waals surface area contributed by atoms with Gasteiger partial charge in [0.2, 0.25) is 15.9 Å². The number of sulfonamides is 1. The van der Waals surface area contributed by atoms with Gasteiger partial charge in [-0.1, -0.05) is 30.7 Å². The van der Waals surface area contributed by atoms with Crippen molar-refractivity contribution in [2.75, 3.05) is 26.3 Å². The Balaban J connectivity index is 1.50. The lowest BCUT2D eigenvalue weighted by molar-refractivity contribution is -0.130. The van der Waals surface area contributed by atoms with Gasteiger partial charge in [0, 0.05) is 32.8 Å². The van der Waals surface area contributed by atoms with Crippen LogP contribution < -0.4 is 5.32 Å². The Hall–Kier alpha value is -2.29. The Morgan fingerprint density at radius 2 is 1.72 bits per heavy atom. The first-order chi connectivity index (χ1) is 15.4. The molecule has 2 fully saturated rings. The van der Waals surface area contributed by atoms with E-state index in [1.54, 1.807) is 34.6 Å². The second-order valence-electron chi connectivity index (χ2n) is 8.50. The van der Waals surface area contributed by atoms with Gasteiger partial charge < -0.3 is 10.1 Å². The highest BCUT2D eigenvalue weighted by Gasteiger charge is 2.41. The highest BCUT2D eigenvalue weighted by molar-refractivity contribution is 7.89. The molecule has 32 heavy (non-hydrogen) atoms. The summed E-state index contributed by atoms with van der Waals surface area (Å²) in [7, 11) is -3.53. The fraction of sp³-hybridized carbons (Fsp3) is 0.458. The number of nitrogens with zero attached hydrogens (tertiary/aromatic N) is 1. The molecule has 1 N–H and O–H groups in total. The monoisotopic (exact) mass is 460 g/mol. The van der Waals surface area contributed by atoms with Crippen molar-refractivity contribution >= 4 is 15.9 Å². The smallest absolute Gasteiger partial charge is 0.243 e. The highest BCUT2D eigenvalue weighted by atomic mass is 32.2. The summed E-state index contributed by atoms with van der Waals surface area (Å²) in [5.41, 5.74) is 0.697. The maximum atomic E-state index is 13.4. The van der Waals surface area contributed by atoms with Crippen molar-refractivity contribution in [2.24, 2.45) is 0 Å². The van der Waals surface area contributed by atoms with Crippen LogP contribution in [0.25, 0.3) is 0 Å². The van der Waals surface area contributed by atoms with E-state index >= 15 is 0 Å². The van der Waals surface area contributed by atoms with Crippen LogP contribution in [0, 0.1) is 5.82 Å². The average Bonchev–Trinajstić information content (AvgIpc) is 2.84. The Morgan fingerprint density at radius 1 is 1.03 bits per heavy atom. The molecule has 2 aliphatic rings. The number of carbonyl (C=O) groups is 1. The van der Waals surface area contributed by atoms with Gasteiger partial charge in [-0.25, -0.2) is 12.8 Å². The Kier molecular flexibility index (Phi) is 6.93. The lowest BCUT2D eigenvalue weighted by Crippen LogP contribution is -2.47. The van der Waals surface area contributed by atoms with Crippen molar-refractivity contribution in [3.05, 3.63) is 65.5 Å². The van der Waals surface area contributed by atoms with Gasteiger partial charge in [-0.05, 0) is 61.1 Å². The molecule has 2 aromatic rings. The Bertz CT molecular complexity index is 1040. The Morgan fingerprint density at radius 3 is 2.41 bits per heavy atom. The molecule has 6 nitrogen and oxygen atoms in total. The molecule has 0 aliphatic carbocycles. The zero-order valence-corrected chi connectivity index (χ0v) is 18.9. The number of amides is 1. The molecule has 4 rings (SSSR count). The molecule has 1 amide bonds. The topological polar surface area (TPSA) is 75.7 Å². The standard InChI is InChI=1S/C24H29FN2O4S/c25-21-9-7-20(8-10-21)24(11-15-31-16-12-24)23(28)26-18-19-5-4-6-22(17-19)32(29,30)27-13-2-1-3-14-27/h4-10,17H,1-3,11-16,18H2,(H,26,28). The molecule has 0 saturated carbocycles. The molecular weight excluding hydrogens is 431 g/mol. The number of nitrogens with one attached hydrogen (secondary N) is 1. The third-order valence-corrected chi connectivity index (χ3v) is 8.38. The van der Waals surface area contributed by atoms with E-state index in [1.807, 2.05) is 6.07 Å². The number of hydrogen-bond acceptors (Lipinski definition) is 4. The SMILES string of the molecule is O=C(NCc1cccc(S(=O)(=O)N2CCCCC2)c1)C1(c2ccc(F)cc2)CCOCC1. The van der Waals surface area contributed by atoms with E-state index in [1.165, 1.54) is 12.1 Å². The summed E-state index contributed by atoms with van der Waals surface area (Å²) in [4.78, 5) is 13.6. The number of hydrogen-bond donors (Lipinski definition) is 1. The molecule has 2 heterocycles. The van der Waals surface area contributed by atoms with Gasteiger partial charge in [-0.15, -0.1) is 0 Å². The van der Waals surface area contributed by atoms with E-state index in [0.717, 1.165) is 30.4 Å². The number of rotatable bonds is 6.